The van der Waals surface area contributed by atoms with Gasteiger partial charge in [0.2, 0.25) is 0 Å². The number of urea groups is 1. The molecule has 2 N–H and O–H groups in total. The molecule has 2 aromatic rings. The maximum absolute atomic E-state index is 12.5. The number of carbonyl (C=O) groups excluding carboxylic acids is 1. The van der Waals surface area contributed by atoms with Crippen LogP contribution in [0.1, 0.15) is 17.2 Å². The van der Waals surface area contributed by atoms with E-state index in [9.17, 15) is 4.79 Å². The molecule has 2 amide bonds. The van der Waals surface area contributed by atoms with Gasteiger partial charge in [0.1, 0.15) is 0 Å². The predicted molar refractivity (Wildman–Crippen MR) is 121 cm³/mol. The Bertz CT molecular complexity index is 797. The Labute approximate surface area is 174 Å². The number of hydrogen-bond acceptors (Lipinski definition) is 4. The van der Waals surface area contributed by atoms with Gasteiger partial charge in [-0.2, -0.15) is 0 Å². The topological polar surface area (TPSA) is 50.9 Å². The van der Waals surface area contributed by atoms with Gasteiger partial charge in [-0.15, -0.1) is 0 Å². The first kappa shape index (κ1) is 21.1. The highest BCUT2D eigenvalue weighted by Gasteiger charge is 2.24. The zero-order chi connectivity index (χ0) is 20.8. The molecule has 0 radical (unpaired) electrons. The number of piperazine rings is 1. The van der Waals surface area contributed by atoms with Crippen LogP contribution in [0.3, 0.4) is 0 Å². The van der Waals surface area contributed by atoms with Crippen LogP contribution in [0.2, 0.25) is 0 Å². The smallest absolute Gasteiger partial charge is 0.319 e. The number of hydrogen-bond donors (Lipinski definition) is 2. The normalized spacial score (nSPS) is 16.3. The fourth-order valence-corrected chi connectivity index (χ4v) is 3.67. The number of carbonyl (C=O) groups is 1. The molecule has 0 saturated carbocycles. The first-order valence-corrected chi connectivity index (χ1v) is 10.2. The molecule has 1 unspecified atom stereocenters. The van der Waals surface area contributed by atoms with E-state index in [1.807, 2.05) is 45.3 Å². The molecule has 29 heavy (non-hydrogen) atoms. The molecule has 3 rings (SSSR count). The molecule has 2 aromatic carbocycles. The minimum atomic E-state index is -0.167. The molecular weight excluding hydrogens is 362 g/mol. The van der Waals surface area contributed by atoms with E-state index in [-0.39, 0.29) is 12.1 Å². The molecule has 1 atom stereocenters. The Morgan fingerprint density at radius 1 is 1.07 bits per heavy atom. The van der Waals surface area contributed by atoms with Crippen LogP contribution in [0.25, 0.3) is 0 Å². The number of aryl methyl sites for hydroxylation is 1. The fraction of sp³-hybridized carbons (Fsp3) is 0.435. The van der Waals surface area contributed by atoms with Crippen LogP contribution >= 0.6 is 0 Å². The van der Waals surface area contributed by atoms with Gasteiger partial charge in [-0.25, -0.2) is 4.79 Å². The number of nitrogens with zero attached hydrogens (tertiary/aromatic N) is 3. The summed E-state index contributed by atoms with van der Waals surface area (Å²) < 4.78 is 0. The van der Waals surface area contributed by atoms with E-state index in [0.29, 0.717) is 6.54 Å². The summed E-state index contributed by atoms with van der Waals surface area (Å²) in [5.74, 6) is 0. The third-order valence-electron chi connectivity index (χ3n) is 5.50. The third-order valence-corrected chi connectivity index (χ3v) is 5.50. The Balaban J connectivity index is 1.68. The van der Waals surface area contributed by atoms with Crippen LogP contribution in [0.5, 0.6) is 0 Å². The molecule has 0 aliphatic carbocycles. The van der Waals surface area contributed by atoms with Gasteiger partial charge in [0.05, 0.1) is 6.04 Å². The summed E-state index contributed by atoms with van der Waals surface area (Å²) in [5.41, 5.74) is 4.35. The van der Waals surface area contributed by atoms with Crippen molar-refractivity contribution in [3.63, 3.8) is 0 Å². The second-order valence-corrected chi connectivity index (χ2v) is 8.05. The number of anilines is 2. The molecule has 0 aromatic heterocycles. The van der Waals surface area contributed by atoms with Crippen LogP contribution in [0, 0.1) is 6.92 Å². The number of nitrogens with one attached hydrogen (secondary N) is 2. The number of amides is 2. The lowest BCUT2D eigenvalue weighted by Crippen LogP contribution is -2.48. The zero-order valence-electron chi connectivity index (χ0n) is 18.0. The van der Waals surface area contributed by atoms with Crippen LogP contribution in [0.4, 0.5) is 16.2 Å². The van der Waals surface area contributed by atoms with Crippen molar-refractivity contribution >= 4 is 17.4 Å². The van der Waals surface area contributed by atoms with Crippen molar-refractivity contribution in [2.24, 2.45) is 0 Å². The van der Waals surface area contributed by atoms with Crippen molar-refractivity contribution in [1.82, 2.24) is 15.1 Å². The summed E-state index contributed by atoms with van der Waals surface area (Å²) in [6, 6.07) is 16.5. The Morgan fingerprint density at radius 3 is 2.38 bits per heavy atom. The molecule has 0 spiro atoms. The maximum atomic E-state index is 12.5. The first-order valence-electron chi connectivity index (χ1n) is 10.2. The van der Waals surface area contributed by atoms with Gasteiger partial charge in [0.25, 0.3) is 0 Å². The number of rotatable bonds is 6. The van der Waals surface area contributed by atoms with Crippen molar-refractivity contribution in [2.45, 2.75) is 13.0 Å². The first-order chi connectivity index (χ1) is 13.9. The standard InChI is InChI=1S/C23H33N5O/c1-18-6-5-7-20(16-18)25-23(29)24-17-22(28-14-12-27(4)13-15-28)19-8-10-21(11-9-19)26(2)3/h5-11,16,22H,12-15,17H2,1-4H3,(H2,24,25,29). The quantitative estimate of drug-likeness (QED) is 0.789. The molecule has 156 valence electrons. The van der Waals surface area contributed by atoms with Crippen LogP contribution in [0.15, 0.2) is 48.5 Å². The van der Waals surface area contributed by atoms with E-state index in [2.05, 4.69) is 56.6 Å². The summed E-state index contributed by atoms with van der Waals surface area (Å²) >= 11 is 0. The van der Waals surface area contributed by atoms with Crippen LogP contribution < -0.4 is 15.5 Å². The van der Waals surface area contributed by atoms with Crippen molar-refractivity contribution in [3.05, 3.63) is 59.7 Å². The fourth-order valence-electron chi connectivity index (χ4n) is 3.67. The summed E-state index contributed by atoms with van der Waals surface area (Å²) in [7, 11) is 6.25. The number of likely N-dealkylation sites (N-methyl/N-ethyl adjacent to an activating group) is 1. The van der Waals surface area contributed by atoms with Gasteiger partial charge in [-0.05, 0) is 49.4 Å². The second kappa shape index (κ2) is 9.76. The van der Waals surface area contributed by atoms with Crippen LogP contribution in [-0.4, -0.2) is 69.7 Å². The molecule has 1 fully saturated rings. The van der Waals surface area contributed by atoms with Gasteiger partial charge < -0.3 is 20.4 Å². The summed E-state index contributed by atoms with van der Waals surface area (Å²) in [5, 5.41) is 6.02. The minimum absolute atomic E-state index is 0.156. The van der Waals surface area contributed by atoms with Crippen molar-refractivity contribution < 1.29 is 4.79 Å². The second-order valence-electron chi connectivity index (χ2n) is 8.05. The summed E-state index contributed by atoms with van der Waals surface area (Å²) in [6.45, 7) is 6.67. The molecule has 1 saturated heterocycles. The highest BCUT2D eigenvalue weighted by atomic mass is 16.2. The average Bonchev–Trinajstić information content (AvgIpc) is 2.70. The van der Waals surface area contributed by atoms with Crippen molar-refractivity contribution in [3.8, 4) is 0 Å². The molecule has 1 aliphatic rings. The van der Waals surface area contributed by atoms with E-state index in [1.165, 1.54) is 11.3 Å². The van der Waals surface area contributed by atoms with Gasteiger partial charge in [0, 0.05) is 58.2 Å². The maximum Gasteiger partial charge on any atom is 0.319 e. The third kappa shape index (κ3) is 5.95. The largest absolute Gasteiger partial charge is 0.378 e. The van der Waals surface area contributed by atoms with Crippen LogP contribution in [-0.2, 0) is 0 Å². The van der Waals surface area contributed by atoms with E-state index >= 15 is 0 Å². The van der Waals surface area contributed by atoms with E-state index in [1.54, 1.807) is 0 Å². The molecule has 6 nitrogen and oxygen atoms in total. The Kier molecular flexibility index (Phi) is 7.12. The lowest BCUT2D eigenvalue weighted by molar-refractivity contribution is 0.111. The van der Waals surface area contributed by atoms with E-state index < -0.39 is 0 Å². The van der Waals surface area contributed by atoms with Gasteiger partial charge in [0.15, 0.2) is 0 Å². The monoisotopic (exact) mass is 395 g/mol. The molecule has 0 bridgehead atoms. The highest BCUT2D eigenvalue weighted by molar-refractivity contribution is 5.89. The van der Waals surface area contributed by atoms with Gasteiger partial charge in [-0.3, -0.25) is 4.90 Å². The summed E-state index contributed by atoms with van der Waals surface area (Å²) in [4.78, 5) is 19.4. The summed E-state index contributed by atoms with van der Waals surface area (Å²) in [6.07, 6.45) is 0. The Hall–Kier alpha value is -2.57. The van der Waals surface area contributed by atoms with E-state index in [0.717, 1.165) is 37.4 Å². The van der Waals surface area contributed by atoms with Gasteiger partial charge >= 0.3 is 6.03 Å². The lowest BCUT2D eigenvalue weighted by Gasteiger charge is -2.38. The SMILES string of the molecule is Cc1cccc(NC(=O)NCC(c2ccc(N(C)C)cc2)N2CCN(C)CC2)c1. The average molecular weight is 396 g/mol. The molecule has 1 aliphatic heterocycles. The van der Waals surface area contributed by atoms with Crippen molar-refractivity contribution in [2.75, 3.05) is 64.1 Å². The molecular formula is C23H33N5O. The Morgan fingerprint density at radius 2 is 1.76 bits per heavy atom. The van der Waals surface area contributed by atoms with Gasteiger partial charge in [-0.1, -0.05) is 24.3 Å². The van der Waals surface area contributed by atoms with Crippen molar-refractivity contribution in [1.29, 1.82) is 0 Å². The zero-order valence-corrected chi connectivity index (χ0v) is 18.0. The molecule has 1 heterocycles. The number of benzene rings is 2. The predicted octanol–water partition coefficient (Wildman–Crippen LogP) is 3.17. The molecule has 6 heteroatoms. The lowest BCUT2D eigenvalue weighted by atomic mass is 10.0. The highest BCUT2D eigenvalue weighted by Crippen LogP contribution is 2.24. The van der Waals surface area contributed by atoms with E-state index in [4.69, 9.17) is 0 Å². The minimum Gasteiger partial charge on any atom is -0.378 e.